The Labute approximate surface area is 144 Å². The highest BCUT2D eigenvalue weighted by Crippen LogP contribution is 2.41. The van der Waals surface area contributed by atoms with Crippen molar-refractivity contribution in [3.63, 3.8) is 0 Å². The maximum absolute atomic E-state index is 10.7. The van der Waals surface area contributed by atoms with Crippen molar-refractivity contribution >= 4 is 11.8 Å². The van der Waals surface area contributed by atoms with Crippen molar-refractivity contribution in [2.45, 2.75) is 19.4 Å². The number of allylic oxidation sites excluding steroid dienone is 1. The largest absolute Gasteiger partial charge is 0.493 e. The van der Waals surface area contributed by atoms with Gasteiger partial charge in [0.2, 0.25) is 5.70 Å². The third-order valence-electron chi connectivity index (χ3n) is 3.58. The summed E-state index contributed by atoms with van der Waals surface area (Å²) in [6, 6.07) is 9.41. The molecule has 1 aliphatic rings. The summed E-state index contributed by atoms with van der Waals surface area (Å²) in [7, 11) is 0. The molecule has 7 nitrogen and oxygen atoms in total. The monoisotopic (exact) mass is 332 g/mol. The van der Waals surface area contributed by atoms with Crippen molar-refractivity contribution in [2.75, 3.05) is 0 Å². The predicted molar refractivity (Wildman–Crippen MR) is 89.2 cm³/mol. The zero-order chi connectivity index (χ0) is 18.6. The maximum Gasteiger partial charge on any atom is 0.269 e. The normalized spacial score (nSPS) is 15.2. The summed E-state index contributed by atoms with van der Waals surface area (Å²) in [6.07, 6.45) is 3.35. The molecule has 0 bridgehead atoms. The molecule has 2 rings (SSSR count). The van der Waals surface area contributed by atoms with E-state index in [9.17, 15) is 10.1 Å². The molecule has 0 saturated heterocycles. The lowest BCUT2D eigenvalue weighted by molar-refractivity contribution is -0.384. The second-order valence-electron chi connectivity index (χ2n) is 5.60. The summed E-state index contributed by atoms with van der Waals surface area (Å²) >= 11 is 0. The van der Waals surface area contributed by atoms with Gasteiger partial charge in [-0.1, -0.05) is 12.2 Å². The van der Waals surface area contributed by atoms with Crippen LogP contribution in [0.25, 0.3) is 10.9 Å². The number of nitriles is 2. The summed E-state index contributed by atoms with van der Waals surface area (Å²) in [5.74, 6) is -0.0200. The molecular weight excluding hydrogens is 320 g/mol. The van der Waals surface area contributed by atoms with Crippen LogP contribution in [0.4, 0.5) is 5.69 Å². The van der Waals surface area contributed by atoms with Gasteiger partial charge in [0, 0.05) is 17.7 Å². The smallest absolute Gasteiger partial charge is 0.269 e. The number of nitro groups is 1. The summed E-state index contributed by atoms with van der Waals surface area (Å²) in [6.45, 7) is 10.8. The van der Waals surface area contributed by atoms with Crippen molar-refractivity contribution in [1.29, 1.82) is 10.5 Å². The topological polar surface area (TPSA) is 104 Å². The molecule has 0 unspecified atom stereocenters. The first kappa shape index (κ1) is 17.5. The van der Waals surface area contributed by atoms with Crippen LogP contribution in [0.5, 0.6) is 0 Å². The Balaban J connectivity index is 2.48. The lowest BCUT2D eigenvalue weighted by Gasteiger charge is -2.21. The van der Waals surface area contributed by atoms with Gasteiger partial charge >= 0.3 is 0 Å². The van der Waals surface area contributed by atoms with Gasteiger partial charge < -0.3 is 4.74 Å². The Morgan fingerprint density at radius 1 is 1.28 bits per heavy atom. The van der Waals surface area contributed by atoms with Gasteiger partial charge in [0.05, 0.1) is 11.5 Å². The molecular formula is C18H12N4O3. The average Bonchev–Trinajstić information content (AvgIpc) is 2.84. The molecule has 0 spiro atoms. The van der Waals surface area contributed by atoms with Crippen LogP contribution < -0.4 is 0 Å². The van der Waals surface area contributed by atoms with Crippen LogP contribution >= 0.6 is 0 Å². The minimum Gasteiger partial charge on any atom is -0.493 e. The Morgan fingerprint density at radius 2 is 1.88 bits per heavy atom. The number of benzene rings is 1. The summed E-state index contributed by atoms with van der Waals surface area (Å²) in [5, 5.41) is 28.7. The molecule has 0 aromatic heterocycles. The zero-order valence-electron chi connectivity index (χ0n) is 13.5. The zero-order valence-corrected chi connectivity index (χ0v) is 13.5. The van der Waals surface area contributed by atoms with E-state index in [1.54, 1.807) is 50.3 Å². The van der Waals surface area contributed by atoms with Crippen LogP contribution in [0.1, 0.15) is 19.4 Å². The van der Waals surface area contributed by atoms with E-state index in [1.807, 2.05) is 0 Å². The third-order valence-corrected chi connectivity index (χ3v) is 3.58. The van der Waals surface area contributed by atoms with Crippen LogP contribution in [0.2, 0.25) is 0 Å². The Bertz CT molecular complexity index is 930. The van der Waals surface area contributed by atoms with Crippen LogP contribution in [0.3, 0.4) is 0 Å². The predicted octanol–water partition coefficient (Wildman–Crippen LogP) is 3.89. The van der Waals surface area contributed by atoms with E-state index in [0.29, 0.717) is 11.1 Å². The fourth-order valence-electron chi connectivity index (χ4n) is 2.34. The molecule has 7 heteroatoms. The molecule has 0 atom stereocenters. The molecule has 1 aromatic carbocycles. The molecule has 0 fully saturated rings. The number of nitrogens with zero attached hydrogens (tertiary/aromatic N) is 4. The molecule has 25 heavy (non-hydrogen) atoms. The Kier molecular flexibility index (Phi) is 4.68. The molecule has 0 N–H and O–H groups in total. The maximum atomic E-state index is 10.7. The van der Waals surface area contributed by atoms with Crippen molar-refractivity contribution in [2.24, 2.45) is 0 Å². The van der Waals surface area contributed by atoms with E-state index in [0.717, 1.165) is 0 Å². The molecule has 0 amide bonds. The van der Waals surface area contributed by atoms with Crippen LogP contribution in [-0.2, 0) is 4.74 Å². The van der Waals surface area contributed by atoms with Crippen molar-refractivity contribution in [1.82, 2.24) is 0 Å². The van der Waals surface area contributed by atoms with Gasteiger partial charge in [0.1, 0.15) is 17.7 Å². The van der Waals surface area contributed by atoms with Gasteiger partial charge in [0.25, 0.3) is 5.69 Å². The first-order valence-corrected chi connectivity index (χ1v) is 7.12. The van der Waals surface area contributed by atoms with Crippen molar-refractivity contribution < 1.29 is 9.66 Å². The number of hydrogen-bond acceptors (Lipinski definition) is 5. The average molecular weight is 332 g/mol. The van der Waals surface area contributed by atoms with E-state index in [-0.39, 0.29) is 22.7 Å². The Hall–Kier alpha value is -3.89. The standard InChI is InChI=1S/C18H12N4O3/c1-18(2)15(16(21-3)17(25-18)13(10-19)11-20)9-6-12-4-7-14(8-5-12)22(23)24/h4-9H,1-2H3. The van der Waals surface area contributed by atoms with Gasteiger partial charge in [-0.25, -0.2) is 4.85 Å². The highest BCUT2D eigenvalue weighted by molar-refractivity contribution is 5.62. The third kappa shape index (κ3) is 3.39. The van der Waals surface area contributed by atoms with Gasteiger partial charge in [-0.15, -0.1) is 0 Å². The van der Waals surface area contributed by atoms with E-state index in [2.05, 4.69) is 4.85 Å². The van der Waals surface area contributed by atoms with Crippen LogP contribution in [-0.4, -0.2) is 10.5 Å². The first-order chi connectivity index (χ1) is 11.8. The van der Waals surface area contributed by atoms with Gasteiger partial charge in [-0.3, -0.25) is 10.1 Å². The highest BCUT2D eigenvalue weighted by atomic mass is 16.6. The van der Waals surface area contributed by atoms with Gasteiger partial charge in [-0.05, 0) is 31.5 Å². The molecule has 122 valence electrons. The number of hydrogen-bond donors (Lipinski definition) is 0. The van der Waals surface area contributed by atoms with Crippen LogP contribution in [0.15, 0.2) is 52.9 Å². The summed E-state index contributed by atoms with van der Waals surface area (Å²) in [5.41, 5.74) is 0.195. The number of rotatable bonds is 3. The number of non-ortho nitro benzene ring substituents is 1. The molecule has 0 radical (unpaired) electrons. The number of nitro benzene ring substituents is 1. The van der Waals surface area contributed by atoms with Crippen molar-refractivity contribution in [3.8, 4) is 12.1 Å². The van der Waals surface area contributed by atoms with Gasteiger partial charge in [0.15, 0.2) is 11.3 Å². The fraction of sp³-hybridized carbons (Fsp3) is 0.167. The highest BCUT2D eigenvalue weighted by Gasteiger charge is 2.38. The quantitative estimate of drug-likeness (QED) is 0.361. The molecule has 1 aliphatic heterocycles. The molecule has 1 heterocycles. The minimum atomic E-state index is -0.883. The van der Waals surface area contributed by atoms with Crippen molar-refractivity contribution in [3.05, 3.63) is 80.0 Å². The molecule has 1 aromatic rings. The first-order valence-electron chi connectivity index (χ1n) is 7.12. The van der Waals surface area contributed by atoms with Gasteiger partial charge in [-0.2, -0.15) is 10.5 Å². The van der Waals surface area contributed by atoms with Crippen LogP contribution in [0, 0.1) is 39.3 Å². The molecule has 0 saturated carbocycles. The lowest BCUT2D eigenvalue weighted by Crippen LogP contribution is -2.20. The Morgan fingerprint density at radius 3 is 2.36 bits per heavy atom. The number of ether oxygens (including phenoxy) is 1. The van der Waals surface area contributed by atoms with E-state index in [1.165, 1.54) is 12.1 Å². The van der Waals surface area contributed by atoms with E-state index < -0.39 is 10.5 Å². The van der Waals surface area contributed by atoms with E-state index >= 15 is 0 Å². The summed E-state index contributed by atoms with van der Waals surface area (Å²) in [4.78, 5) is 13.6. The second kappa shape index (κ2) is 6.70. The second-order valence-corrected chi connectivity index (χ2v) is 5.60. The lowest BCUT2D eigenvalue weighted by atomic mass is 9.96. The minimum absolute atomic E-state index is 0.0133. The van der Waals surface area contributed by atoms with E-state index in [4.69, 9.17) is 21.8 Å². The fourth-order valence-corrected chi connectivity index (χ4v) is 2.34. The molecule has 0 aliphatic carbocycles. The summed E-state index contributed by atoms with van der Waals surface area (Å²) < 4.78 is 5.65. The SMILES string of the molecule is [C-]#[N+]C1=C(C=Cc2ccc([N+](=O)[O-])cc2)C(C)(C)OC1=C(C#N)C#N.